The molecule has 232 valence electrons. The van der Waals surface area contributed by atoms with E-state index in [0.29, 0.717) is 0 Å². The van der Waals surface area contributed by atoms with Crippen molar-refractivity contribution in [2.24, 2.45) is 0 Å². The van der Waals surface area contributed by atoms with E-state index in [4.69, 9.17) is 0 Å². The standard InChI is InChI=1S/C46H38N2/c1-46(2,3)48-44-17-11-10-16-42(44)43-32-38(26-31-45(43)48)37-20-18-34(19-21-37)36-24-29-41(30-25-36)47(39-14-8-5-9-15-39)40-27-22-35(23-28-40)33-12-6-4-7-13-33/h4-32H,1-3H3. The van der Waals surface area contributed by atoms with Crippen molar-refractivity contribution in [1.29, 1.82) is 0 Å². The smallest absolute Gasteiger partial charge is 0.0496 e. The molecule has 48 heavy (non-hydrogen) atoms. The molecule has 8 rings (SSSR count). The zero-order chi connectivity index (χ0) is 32.7. The second-order valence-electron chi connectivity index (χ2n) is 13.5. The predicted octanol–water partition coefficient (Wildman–Crippen LogP) is 13.0. The summed E-state index contributed by atoms with van der Waals surface area (Å²) in [5.74, 6) is 0. The number of hydrogen-bond donors (Lipinski definition) is 0. The molecule has 0 spiro atoms. The zero-order valence-corrected chi connectivity index (χ0v) is 27.6. The fourth-order valence-electron chi connectivity index (χ4n) is 6.99. The first kappa shape index (κ1) is 29.5. The second-order valence-corrected chi connectivity index (χ2v) is 13.5. The average molecular weight is 619 g/mol. The third-order valence-corrected chi connectivity index (χ3v) is 9.27. The Bertz CT molecular complexity index is 2320. The number of rotatable bonds is 6. The summed E-state index contributed by atoms with van der Waals surface area (Å²) in [7, 11) is 0. The molecule has 7 aromatic carbocycles. The Hall–Kier alpha value is -5.86. The summed E-state index contributed by atoms with van der Waals surface area (Å²) in [6.07, 6.45) is 0. The van der Waals surface area contributed by atoms with Crippen LogP contribution in [0.1, 0.15) is 20.8 Å². The Labute approximate surface area is 283 Å². The van der Waals surface area contributed by atoms with Gasteiger partial charge in [-0.1, -0.05) is 121 Å². The van der Waals surface area contributed by atoms with Crippen LogP contribution in [-0.4, -0.2) is 4.57 Å². The molecule has 2 heteroatoms. The summed E-state index contributed by atoms with van der Waals surface area (Å²) >= 11 is 0. The quantitative estimate of drug-likeness (QED) is 0.180. The molecule has 0 radical (unpaired) electrons. The van der Waals surface area contributed by atoms with Gasteiger partial charge in [0.05, 0.1) is 0 Å². The monoisotopic (exact) mass is 618 g/mol. The highest BCUT2D eigenvalue weighted by Crippen LogP contribution is 2.38. The van der Waals surface area contributed by atoms with Crippen LogP contribution in [0.4, 0.5) is 17.1 Å². The maximum atomic E-state index is 2.47. The lowest BCUT2D eigenvalue weighted by Gasteiger charge is -2.26. The fraction of sp³-hybridized carbons (Fsp3) is 0.0870. The van der Waals surface area contributed by atoms with Crippen molar-refractivity contribution in [2.45, 2.75) is 26.3 Å². The van der Waals surface area contributed by atoms with Crippen LogP contribution >= 0.6 is 0 Å². The molecule has 0 aliphatic carbocycles. The fourth-order valence-corrected chi connectivity index (χ4v) is 6.99. The maximum Gasteiger partial charge on any atom is 0.0496 e. The van der Waals surface area contributed by atoms with Gasteiger partial charge in [-0.15, -0.1) is 0 Å². The van der Waals surface area contributed by atoms with E-state index in [1.807, 2.05) is 0 Å². The highest BCUT2D eigenvalue weighted by Gasteiger charge is 2.20. The molecule has 0 atom stereocenters. The van der Waals surface area contributed by atoms with Crippen molar-refractivity contribution in [3.05, 3.63) is 176 Å². The Balaban J connectivity index is 1.09. The van der Waals surface area contributed by atoms with Crippen LogP contribution in [0.25, 0.3) is 55.2 Å². The summed E-state index contributed by atoms with van der Waals surface area (Å²) in [6.45, 7) is 6.83. The van der Waals surface area contributed by atoms with Gasteiger partial charge in [0.15, 0.2) is 0 Å². The molecule has 0 bridgehead atoms. The molecule has 0 fully saturated rings. The van der Waals surface area contributed by atoms with Gasteiger partial charge in [0.2, 0.25) is 0 Å². The van der Waals surface area contributed by atoms with Gasteiger partial charge in [-0.05, 0) is 109 Å². The number of fused-ring (bicyclic) bond motifs is 3. The van der Waals surface area contributed by atoms with Crippen LogP contribution < -0.4 is 4.90 Å². The van der Waals surface area contributed by atoms with Gasteiger partial charge in [0.25, 0.3) is 0 Å². The van der Waals surface area contributed by atoms with Gasteiger partial charge in [-0.25, -0.2) is 0 Å². The Morgan fingerprint density at radius 2 is 0.750 bits per heavy atom. The van der Waals surface area contributed by atoms with E-state index in [1.54, 1.807) is 0 Å². The van der Waals surface area contributed by atoms with Crippen molar-refractivity contribution >= 4 is 38.9 Å². The lowest BCUT2D eigenvalue weighted by atomic mass is 9.98. The Morgan fingerprint density at radius 1 is 0.354 bits per heavy atom. The minimum Gasteiger partial charge on any atom is -0.335 e. The van der Waals surface area contributed by atoms with Crippen molar-refractivity contribution in [1.82, 2.24) is 4.57 Å². The zero-order valence-electron chi connectivity index (χ0n) is 27.6. The molecular formula is C46H38N2. The predicted molar refractivity (Wildman–Crippen MR) is 205 cm³/mol. The molecule has 0 amide bonds. The molecule has 0 aliphatic rings. The lowest BCUT2D eigenvalue weighted by Crippen LogP contribution is -2.21. The number of benzene rings is 7. The van der Waals surface area contributed by atoms with E-state index in [0.717, 1.165) is 17.1 Å². The third-order valence-electron chi connectivity index (χ3n) is 9.27. The van der Waals surface area contributed by atoms with E-state index in [2.05, 4.69) is 206 Å². The normalized spacial score (nSPS) is 11.6. The first-order valence-corrected chi connectivity index (χ1v) is 16.7. The molecule has 0 unspecified atom stereocenters. The van der Waals surface area contributed by atoms with Gasteiger partial charge >= 0.3 is 0 Å². The van der Waals surface area contributed by atoms with Gasteiger partial charge < -0.3 is 9.47 Å². The average Bonchev–Trinajstić information content (AvgIpc) is 3.48. The number of anilines is 3. The highest BCUT2D eigenvalue weighted by molar-refractivity contribution is 6.09. The van der Waals surface area contributed by atoms with Crippen LogP contribution in [0, 0.1) is 0 Å². The van der Waals surface area contributed by atoms with Gasteiger partial charge in [0.1, 0.15) is 0 Å². The topological polar surface area (TPSA) is 8.17 Å². The first-order chi connectivity index (χ1) is 23.4. The number of aromatic nitrogens is 1. The van der Waals surface area contributed by atoms with Crippen LogP contribution in [-0.2, 0) is 5.54 Å². The molecule has 1 aromatic heterocycles. The Morgan fingerprint density at radius 3 is 1.31 bits per heavy atom. The van der Waals surface area contributed by atoms with E-state index in [9.17, 15) is 0 Å². The summed E-state index contributed by atoms with van der Waals surface area (Å²) in [5.41, 5.74) is 13.2. The van der Waals surface area contributed by atoms with Gasteiger partial charge in [-0.2, -0.15) is 0 Å². The molecule has 0 saturated carbocycles. The van der Waals surface area contributed by atoms with Crippen LogP contribution in [0.15, 0.2) is 176 Å². The Kier molecular flexibility index (Phi) is 7.42. The van der Waals surface area contributed by atoms with Crippen LogP contribution in [0.3, 0.4) is 0 Å². The summed E-state index contributed by atoms with van der Waals surface area (Å²) < 4.78 is 2.47. The molecule has 0 saturated heterocycles. The number of para-hydroxylation sites is 2. The van der Waals surface area contributed by atoms with Crippen LogP contribution in [0.2, 0.25) is 0 Å². The SMILES string of the molecule is CC(C)(C)n1c2ccccc2c2cc(-c3ccc(-c4ccc(N(c5ccccc5)c5ccc(-c6ccccc6)cc5)cc4)cc3)ccc21. The number of nitrogens with zero attached hydrogens (tertiary/aromatic N) is 2. The minimum absolute atomic E-state index is 0.00874. The largest absolute Gasteiger partial charge is 0.335 e. The van der Waals surface area contributed by atoms with Gasteiger partial charge in [0, 0.05) is 44.4 Å². The van der Waals surface area contributed by atoms with E-state index in [1.165, 1.54) is 55.2 Å². The summed E-state index contributed by atoms with van der Waals surface area (Å²) in [4.78, 5) is 2.31. The third kappa shape index (κ3) is 5.46. The van der Waals surface area contributed by atoms with Crippen molar-refractivity contribution in [2.75, 3.05) is 4.90 Å². The molecule has 8 aromatic rings. The highest BCUT2D eigenvalue weighted by atomic mass is 15.1. The maximum absolute atomic E-state index is 2.47. The lowest BCUT2D eigenvalue weighted by molar-refractivity contribution is 0.423. The molecule has 2 nitrogen and oxygen atoms in total. The van der Waals surface area contributed by atoms with Gasteiger partial charge in [-0.3, -0.25) is 0 Å². The van der Waals surface area contributed by atoms with E-state index >= 15 is 0 Å². The van der Waals surface area contributed by atoms with E-state index in [-0.39, 0.29) is 5.54 Å². The molecule has 0 aliphatic heterocycles. The summed E-state index contributed by atoms with van der Waals surface area (Å²) in [6, 6.07) is 63.5. The first-order valence-electron chi connectivity index (χ1n) is 16.7. The second kappa shape index (κ2) is 12.1. The van der Waals surface area contributed by atoms with Crippen molar-refractivity contribution in [3.8, 4) is 33.4 Å². The summed E-state index contributed by atoms with van der Waals surface area (Å²) in [5, 5.41) is 2.60. The molecular weight excluding hydrogens is 581 g/mol. The molecule has 0 N–H and O–H groups in total. The number of hydrogen-bond acceptors (Lipinski definition) is 1. The molecule has 1 heterocycles. The van der Waals surface area contributed by atoms with Crippen molar-refractivity contribution in [3.63, 3.8) is 0 Å². The van der Waals surface area contributed by atoms with Crippen LogP contribution in [0.5, 0.6) is 0 Å². The van der Waals surface area contributed by atoms with E-state index < -0.39 is 0 Å². The minimum atomic E-state index is -0.00874. The van der Waals surface area contributed by atoms with Crippen molar-refractivity contribution < 1.29 is 0 Å².